The fourth-order valence-corrected chi connectivity index (χ4v) is 18.8. The quantitative estimate of drug-likeness (QED) is 0.127. The third-order valence-electron chi connectivity index (χ3n) is 11.6. The summed E-state index contributed by atoms with van der Waals surface area (Å²) < 4.78 is 2.24. The Morgan fingerprint density at radius 3 is 0.842 bits per heavy atom. The van der Waals surface area contributed by atoms with Crippen molar-refractivity contribution in [2.75, 3.05) is 0 Å². The highest BCUT2D eigenvalue weighted by Gasteiger charge is 2.43. The maximum Gasteiger partial charge on any atom is 0.234 e. The summed E-state index contributed by atoms with van der Waals surface area (Å²) >= 11 is 0. The molecule has 0 radical (unpaired) electrons. The summed E-state index contributed by atoms with van der Waals surface area (Å²) in [7, 11) is -5.63. The molecule has 0 spiro atoms. The molecule has 0 aliphatic rings. The first-order valence-electron chi connectivity index (χ1n) is 19.5. The molecule has 0 fully saturated rings. The van der Waals surface area contributed by atoms with Gasteiger partial charge in [0.15, 0.2) is 16.1 Å². The van der Waals surface area contributed by atoms with Crippen molar-refractivity contribution in [2.24, 2.45) is 0 Å². The van der Waals surface area contributed by atoms with Gasteiger partial charge in [-0.2, -0.15) is 0 Å². The zero-order valence-corrected chi connectivity index (χ0v) is 33.4. The van der Waals surface area contributed by atoms with Crippen molar-refractivity contribution in [3.05, 3.63) is 237 Å². The van der Waals surface area contributed by atoms with E-state index in [1.165, 1.54) is 52.3 Å². The number of rotatable bonds is 9. The van der Waals surface area contributed by atoms with Gasteiger partial charge in [0.25, 0.3) is 0 Å². The topological polar surface area (TPSA) is 30.7 Å². The van der Waals surface area contributed by atoms with E-state index in [-0.39, 0.29) is 0 Å². The number of aromatic nitrogens is 3. The molecule has 2 heterocycles. The summed E-state index contributed by atoms with van der Waals surface area (Å²) in [6.45, 7) is 0. The van der Waals surface area contributed by atoms with Gasteiger partial charge in [-0.3, -0.25) is 4.57 Å². The van der Waals surface area contributed by atoms with Gasteiger partial charge in [0.1, 0.15) is 0 Å². The zero-order valence-electron chi connectivity index (χ0n) is 31.4. The minimum atomic E-state index is -2.81. The second-order valence-electron chi connectivity index (χ2n) is 14.5. The Hall–Kier alpha value is -6.93. The van der Waals surface area contributed by atoms with Gasteiger partial charge >= 0.3 is 0 Å². The van der Waals surface area contributed by atoms with Crippen LogP contribution in [0.5, 0.6) is 0 Å². The van der Waals surface area contributed by atoms with Crippen molar-refractivity contribution in [3.63, 3.8) is 0 Å². The van der Waals surface area contributed by atoms with E-state index in [1.807, 2.05) is 18.5 Å². The highest BCUT2D eigenvalue weighted by atomic mass is 28.3. The van der Waals surface area contributed by atoms with Gasteiger partial charge in [-0.1, -0.05) is 206 Å². The van der Waals surface area contributed by atoms with Crippen molar-refractivity contribution in [3.8, 4) is 5.95 Å². The highest BCUT2D eigenvalue weighted by Crippen LogP contribution is 2.31. The van der Waals surface area contributed by atoms with Crippen LogP contribution in [0.1, 0.15) is 0 Å². The Labute approximate surface area is 335 Å². The number of nitrogens with zero attached hydrogens (tertiary/aromatic N) is 3. The van der Waals surface area contributed by atoms with Crippen LogP contribution < -0.4 is 41.5 Å². The Kier molecular flexibility index (Phi) is 8.86. The van der Waals surface area contributed by atoms with Crippen LogP contribution in [0, 0.1) is 0 Å². The summed E-state index contributed by atoms with van der Waals surface area (Å²) in [4.78, 5) is 9.64. The van der Waals surface area contributed by atoms with Crippen molar-refractivity contribution in [2.45, 2.75) is 0 Å². The average molecular weight is 762 g/mol. The van der Waals surface area contributed by atoms with E-state index in [0.717, 1.165) is 11.0 Å². The molecule has 0 N–H and O–H groups in total. The maximum absolute atomic E-state index is 4.82. The summed E-state index contributed by atoms with van der Waals surface area (Å²) in [6, 6.07) is 83.2. The Morgan fingerprint density at radius 2 is 0.561 bits per heavy atom. The monoisotopic (exact) mass is 761 g/mol. The van der Waals surface area contributed by atoms with Crippen LogP contribution in [0.2, 0.25) is 0 Å². The van der Waals surface area contributed by atoms with Crippen molar-refractivity contribution in [1.82, 2.24) is 14.5 Å². The van der Waals surface area contributed by atoms with Gasteiger partial charge in [0, 0.05) is 23.2 Å². The first-order chi connectivity index (χ1) is 28.3. The first kappa shape index (κ1) is 34.6. The zero-order chi connectivity index (χ0) is 38.1. The molecule has 10 aromatic rings. The summed E-state index contributed by atoms with van der Waals surface area (Å²) in [5.74, 6) is 0.661. The molecule has 0 aliphatic heterocycles. The molecule has 0 amide bonds. The van der Waals surface area contributed by atoms with Crippen molar-refractivity contribution >= 4 is 79.4 Å². The normalized spacial score (nSPS) is 11.9. The third-order valence-corrected chi connectivity index (χ3v) is 21.2. The summed E-state index contributed by atoms with van der Waals surface area (Å²) in [5.41, 5.74) is 2.17. The first-order valence-corrected chi connectivity index (χ1v) is 23.5. The van der Waals surface area contributed by atoms with Crippen LogP contribution in [0.15, 0.2) is 237 Å². The molecule has 5 heteroatoms. The molecule has 0 aliphatic carbocycles. The Morgan fingerprint density at radius 1 is 0.281 bits per heavy atom. The fraction of sp³-hybridized carbons (Fsp3) is 0. The molecule has 0 saturated carbocycles. The van der Waals surface area contributed by atoms with Crippen LogP contribution in [-0.4, -0.2) is 30.7 Å². The summed E-state index contributed by atoms with van der Waals surface area (Å²) in [6.07, 6.45) is 3.66. The molecule has 8 aromatic carbocycles. The Bertz CT molecular complexity index is 2550. The lowest BCUT2D eigenvalue weighted by atomic mass is 10.1. The minimum Gasteiger partial charge on any atom is -0.278 e. The summed E-state index contributed by atoms with van der Waals surface area (Å²) in [5, 5.41) is 13.1. The van der Waals surface area contributed by atoms with Crippen LogP contribution in [0.3, 0.4) is 0 Å². The van der Waals surface area contributed by atoms with Gasteiger partial charge in [-0.25, -0.2) is 9.97 Å². The molecule has 270 valence electrons. The van der Waals surface area contributed by atoms with Gasteiger partial charge in [-0.15, -0.1) is 0 Å². The molecule has 2 aromatic heterocycles. The molecular formula is C52H39N3Si2. The van der Waals surface area contributed by atoms with E-state index in [1.54, 1.807) is 0 Å². The average Bonchev–Trinajstić information content (AvgIpc) is 3.63. The van der Waals surface area contributed by atoms with E-state index < -0.39 is 16.1 Å². The van der Waals surface area contributed by atoms with Gasteiger partial charge in [0.2, 0.25) is 5.95 Å². The van der Waals surface area contributed by atoms with Crippen LogP contribution in [-0.2, 0) is 0 Å². The van der Waals surface area contributed by atoms with Gasteiger partial charge in [-0.05, 0) is 59.7 Å². The van der Waals surface area contributed by atoms with Crippen molar-refractivity contribution in [1.29, 1.82) is 0 Å². The number of benzene rings is 8. The van der Waals surface area contributed by atoms with Crippen LogP contribution in [0.25, 0.3) is 27.8 Å². The standard InChI is InChI=1S/C52H39N3Si2/c1-7-20-40(21-8-1)56(41-22-9-2-10-23-41,42-24-11-3-12-25-42)46-32-34-50-48(38-46)49-39-47(33-35-51(49)55(50)52-53-36-19-37-54-52)57(43-26-13-4-14-27-43,44-28-15-5-16-29-44)45-30-17-6-18-31-45/h1-39H. The fourth-order valence-electron chi connectivity index (χ4n) is 9.24. The maximum atomic E-state index is 4.82. The molecule has 0 bridgehead atoms. The van der Waals surface area contributed by atoms with E-state index >= 15 is 0 Å². The van der Waals surface area contributed by atoms with Gasteiger partial charge in [0.05, 0.1) is 11.0 Å². The Balaban J connectivity index is 1.34. The van der Waals surface area contributed by atoms with E-state index in [4.69, 9.17) is 9.97 Å². The number of hydrogen-bond donors (Lipinski definition) is 0. The van der Waals surface area contributed by atoms with Crippen LogP contribution >= 0.6 is 0 Å². The second-order valence-corrected chi connectivity index (χ2v) is 22.2. The lowest BCUT2D eigenvalue weighted by Gasteiger charge is -2.34. The smallest absolute Gasteiger partial charge is 0.234 e. The lowest BCUT2D eigenvalue weighted by Crippen LogP contribution is -2.74. The van der Waals surface area contributed by atoms with Crippen LogP contribution in [0.4, 0.5) is 0 Å². The highest BCUT2D eigenvalue weighted by molar-refractivity contribution is 7.20. The predicted octanol–water partition coefficient (Wildman–Crippen LogP) is 6.33. The molecule has 10 rings (SSSR count). The lowest BCUT2D eigenvalue weighted by molar-refractivity contribution is 0.988. The van der Waals surface area contributed by atoms with E-state index in [9.17, 15) is 0 Å². The van der Waals surface area contributed by atoms with Gasteiger partial charge < -0.3 is 0 Å². The van der Waals surface area contributed by atoms with Crippen molar-refractivity contribution < 1.29 is 0 Å². The minimum absolute atomic E-state index is 0.661. The molecule has 57 heavy (non-hydrogen) atoms. The van der Waals surface area contributed by atoms with E-state index in [0.29, 0.717) is 5.95 Å². The molecule has 0 atom stereocenters. The SMILES string of the molecule is c1ccc([Si](c2ccccc2)(c2ccccc2)c2ccc3c(c2)c2cc([Si](c4ccccc4)(c4ccccc4)c4ccccc4)ccc2n3-c2ncccn2)cc1. The predicted molar refractivity (Wildman–Crippen MR) is 244 cm³/mol. The van der Waals surface area contributed by atoms with E-state index in [2.05, 4.69) is 223 Å². The second kappa shape index (κ2) is 14.6. The largest absolute Gasteiger partial charge is 0.278 e. The number of fused-ring (bicyclic) bond motifs is 3. The molecule has 0 saturated heterocycles. The third kappa shape index (κ3) is 5.62. The number of hydrogen-bond acceptors (Lipinski definition) is 2. The molecule has 3 nitrogen and oxygen atoms in total. The molecular weight excluding hydrogens is 723 g/mol. The molecule has 0 unspecified atom stereocenters.